The van der Waals surface area contributed by atoms with Crippen molar-refractivity contribution in [2.45, 2.75) is 6.92 Å². The lowest BCUT2D eigenvalue weighted by Gasteiger charge is -2.03. The van der Waals surface area contributed by atoms with Crippen LogP contribution in [0.2, 0.25) is 5.02 Å². The number of nitrogens with one attached hydrogen (secondary N) is 1. The number of nitriles is 1. The molecule has 0 spiro atoms. The highest BCUT2D eigenvalue weighted by Gasteiger charge is 2.16. The van der Waals surface area contributed by atoms with Gasteiger partial charge >= 0.3 is 0 Å². The van der Waals surface area contributed by atoms with Crippen molar-refractivity contribution in [2.75, 3.05) is 5.43 Å². The van der Waals surface area contributed by atoms with Gasteiger partial charge in [-0.25, -0.2) is 0 Å². The van der Waals surface area contributed by atoms with Crippen LogP contribution in [0.15, 0.2) is 53.6 Å². The van der Waals surface area contributed by atoms with Crippen molar-refractivity contribution in [3.05, 3.63) is 64.7 Å². The molecule has 104 valence electrons. The van der Waals surface area contributed by atoms with Crippen molar-refractivity contribution >= 4 is 28.8 Å². The van der Waals surface area contributed by atoms with Crippen LogP contribution in [-0.2, 0) is 0 Å². The third-order valence-corrected chi connectivity index (χ3v) is 3.12. The molecule has 2 rings (SSSR count). The standard InChI is InChI=1S/C16H12ClN3O/c1-11-6-8-12(9-7-11)19-20-15(10-18)16(21)13-4-2-3-5-14(13)17/h2-9,19H,1H3/b20-15+. The number of halogens is 1. The Labute approximate surface area is 127 Å². The maximum atomic E-state index is 12.2. The van der Waals surface area contributed by atoms with Crippen molar-refractivity contribution in [2.24, 2.45) is 5.10 Å². The van der Waals surface area contributed by atoms with Gasteiger partial charge in [-0.05, 0) is 31.2 Å². The van der Waals surface area contributed by atoms with Gasteiger partial charge in [0, 0.05) is 5.56 Å². The van der Waals surface area contributed by atoms with Crippen LogP contribution in [-0.4, -0.2) is 11.5 Å². The number of nitrogens with zero attached hydrogens (tertiary/aromatic N) is 2. The van der Waals surface area contributed by atoms with E-state index >= 15 is 0 Å². The summed E-state index contributed by atoms with van der Waals surface area (Å²) >= 11 is 5.95. The van der Waals surface area contributed by atoms with Crippen LogP contribution in [0, 0.1) is 18.3 Å². The zero-order valence-corrected chi connectivity index (χ0v) is 12.1. The summed E-state index contributed by atoms with van der Waals surface area (Å²) in [6.45, 7) is 1.97. The molecule has 0 saturated heterocycles. The number of hydrogen-bond donors (Lipinski definition) is 1. The van der Waals surface area contributed by atoms with Crippen LogP contribution in [0.5, 0.6) is 0 Å². The monoisotopic (exact) mass is 297 g/mol. The minimum Gasteiger partial charge on any atom is -0.286 e. The number of carbonyl (C=O) groups is 1. The second-order valence-corrected chi connectivity index (χ2v) is 4.77. The first-order chi connectivity index (χ1) is 10.1. The van der Waals surface area contributed by atoms with Crippen molar-refractivity contribution in [3.8, 4) is 6.07 Å². The molecule has 0 aromatic heterocycles. The molecule has 0 unspecified atom stereocenters. The van der Waals surface area contributed by atoms with Crippen molar-refractivity contribution < 1.29 is 4.79 Å². The van der Waals surface area contributed by atoms with Crippen molar-refractivity contribution in [3.63, 3.8) is 0 Å². The van der Waals surface area contributed by atoms with E-state index in [0.717, 1.165) is 5.56 Å². The number of hydrazone groups is 1. The van der Waals surface area contributed by atoms with Crippen LogP contribution in [0.4, 0.5) is 5.69 Å². The second kappa shape index (κ2) is 6.69. The van der Waals surface area contributed by atoms with Crippen LogP contribution < -0.4 is 5.43 Å². The number of benzene rings is 2. The lowest BCUT2D eigenvalue weighted by atomic mass is 10.1. The summed E-state index contributed by atoms with van der Waals surface area (Å²) in [6, 6.07) is 15.8. The van der Waals surface area contributed by atoms with E-state index in [4.69, 9.17) is 16.9 Å². The fraction of sp³-hybridized carbons (Fsp3) is 0.0625. The number of hydrogen-bond acceptors (Lipinski definition) is 4. The van der Waals surface area contributed by atoms with Gasteiger partial charge in [0.2, 0.25) is 11.5 Å². The van der Waals surface area contributed by atoms with Gasteiger partial charge in [-0.3, -0.25) is 10.2 Å². The van der Waals surface area contributed by atoms with Gasteiger partial charge < -0.3 is 0 Å². The second-order valence-electron chi connectivity index (χ2n) is 4.36. The molecule has 2 aromatic carbocycles. The van der Waals surface area contributed by atoms with E-state index in [1.165, 1.54) is 0 Å². The number of rotatable bonds is 4. The van der Waals surface area contributed by atoms with E-state index in [2.05, 4.69) is 10.5 Å². The molecule has 0 bridgehead atoms. The fourth-order valence-electron chi connectivity index (χ4n) is 1.65. The first kappa shape index (κ1) is 14.8. The molecule has 1 N–H and O–H groups in total. The predicted octanol–water partition coefficient (Wildman–Crippen LogP) is 3.82. The average molecular weight is 298 g/mol. The summed E-state index contributed by atoms with van der Waals surface area (Å²) in [5.74, 6) is -0.511. The Bertz CT molecular complexity index is 730. The summed E-state index contributed by atoms with van der Waals surface area (Å²) in [5, 5.41) is 13.2. The minimum absolute atomic E-state index is 0.247. The summed E-state index contributed by atoms with van der Waals surface area (Å²) in [6.07, 6.45) is 0. The molecule has 2 aromatic rings. The molecule has 4 nitrogen and oxygen atoms in total. The molecule has 0 aliphatic heterocycles. The predicted molar refractivity (Wildman–Crippen MR) is 83.6 cm³/mol. The topological polar surface area (TPSA) is 65.2 Å². The third-order valence-electron chi connectivity index (χ3n) is 2.79. The van der Waals surface area contributed by atoms with Gasteiger partial charge in [0.25, 0.3) is 0 Å². The number of Topliss-reactive ketones (excluding diaryl/α,β-unsaturated/α-hetero) is 1. The molecule has 0 fully saturated rings. The molecule has 0 aliphatic carbocycles. The zero-order chi connectivity index (χ0) is 15.2. The number of anilines is 1. The van der Waals surface area contributed by atoms with Gasteiger partial charge in [0.1, 0.15) is 6.07 Å². The molecule has 21 heavy (non-hydrogen) atoms. The van der Waals surface area contributed by atoms with E-state index in [1.807, 2.05) is 31.2 Å². The molecule has 0 aliphatic rings. The summed E-state index contributed by atoms with van der Waals surface area (Å²) in [4.78, 5) is 12.2. The van der Waals surface area contributed by atoms with Crippen molar-refractivity contribution in [1.29, 1.82) is 5.26 Å². The highest BCUT2D eigenvalue weighted by Crippen LogP contribution is 2.16. The lowest BCUT2D eigenvalue weighted by molar-refractivity contribution is 0.106. The van der Waals surface area contributed by atoms with Gasteiger partial charge in [-0.15, -0.1) is 0 Å². The molecular weight excluding hydrogens is 286 g/mol. The highest BCUT2D eigenvalue weighted by molar-refractivity contribution is 6.53. The quantitative estimate of drug-likeness (QED) is 0.530. The fourth-order valence-corrected chi connectivity index (χ4v) is 1.87. The Balaban J connectivity index is 2.22. The van der Waals surface area contributed by atoms with Gasteiger partial charge in [0.15, 0.2) is 0 Å². The average Bonchev–Trinajstić information content (AvgIpc) is 2.50. The smallest absolute Gasteiger partial charge is 0.225 e. The molecule has 0 radical (unpaired) electrons. The molecule has 0 heterocycles. The number of aryl methyl sites for hydroxylation is 1. The Morgan fingerprint density at radius 3 is 2.48 bits per heavy atom. The van der Waals surface area contributed by atoms with Crippen LogP contribution >= 0.6 is 11.6 Å². The number of carbonyl (C=O) groups excluding carboxylic acids is 1. The highest BCUT2D eigenvalue weighted by atomic mass is 35.5. The zero-order valence-electron chi connectivity index (χ0n) is 11.3. The lowest BCUT2D eigenvalue weighted by Crippen LogP contribution is -2.14. The van der Waals surface area contributed by atoms with Gasteiger partial charge in [-0.2, -0.15) is 10.4 Å². The first-order valence-corrected chi connectivity index (χ1v) is 6.59. The van der Waals surface area contributed by atoms with Crippen molar-refractivity contribution in [1.82, 2.24) is 0 Å². The maximum Gasteiger partial charge on any atom is 0.225 e. The summed E-state index contributed by atoms with van der Waals surface area (Å²) < 4.78 is 0. The SMILES string of the molecule is Cc1ccc(N/N=C(\C#N)C(=O)c2ccccc2Cl)cc1. The van der Waals surface area contributed by atoms with Gasteiger partial charge in [0.05, 0.1) is 10.7 Å². The van der Waals surface area contributed by atoms with Crippen LogP contribution in [0.25, 0.3) is 0 Å². The Morgan fingerprint density at radius 2 is 1.86 bits per heavy atom. The van der Waals surface area contributed by atoms with E-state index < -0.39 is 5.78 Å². The van der Waals surface area contributed by atoms with Gasteiger partial charge in [-0.1, -0.05) is 41.4 Å². The third kappa shape index (κ3) is 3.68. The van der Waals surface area contributed by atoms with E-state index in [0.29, 0.717) is 10.7 Å². The van der Waals surface area contributed by atoms with E-state index in [-0.39, 0.29) is 11.3 Å². The molecule has 0 saturated carbocycles. The summed E-state index contributed by atoms with van der Waals surface area (Å²) in [7, 11) is 0. The maximum absolute atomic E-state index is 12.2. The molecule has 0 amide bonds. The largest absolute Gasteiger partial charge is 0.286 e. The first-order valence-electron chi connectivity index (χ1n) is 6.21. The van der Waals surface area contributed by atoms with E-state index in [1.54, 1.807) is 30.3 Å². The Kier molecular flexibility index (Phi) is 4.70. The molecular formula is C16H12ClN3O. The van der Waals surface area contributed by atoms with Crippen LogP contribution in [0.1, 0.15) is 15.9 Å². The minimum atomic E-state index is -0.511. The summed E-state index contributed by atoms with van der Waals surface area (Å²) in [5.41, 5.74) is 4.51. The molecule has 5 heteroatoms. The Morgan fingerprint density at radius 1 is 1.19 bits per heavy atom. The number of ketones is 1. The van der Waals surface area contributed by atoms with Crippen LogP contribution in [0.3, 0.4) is 0 Å². The Hall–Kier alpha value is -2.64. The van der Waals surface area contributed by atoms with E-state index in [9.17, 15) is 4.79 Å². The molecule has 0 atom stereocenters. The normalized spacial score (nSPS) is 10.8.